The van der Waals surface area contributed by atoms with Crippen LogP contribution < -0.4 is 10.1 Å². The van der Waals surface area contributed by atoms with Crippen LogP contribution in [-0.4, -0.2) is 42.9 Å². The quantitative estimate of drug-likeness (QED) is 0.760. The molecule has 0 saturated carbocycles. The molecule has 3 rings (SSSR count). The first kappa shape index (κ1) is 20.0. The molecule has 2 aromatic carbocycles. The maximum absolute atomic E-state index is 12.5. The number of methoxy groups -OCH3 is 1. The summed E-state index contributed by atoms with van der Waals surface area (Å²) in [7, 11) is 1.64. The minimum Gasteiger partial charge on any atom is -0.497 e. The van der Waals surface area contributed by atoms with E-state index in [1.807, 2.05) is 55.5 Å². The smallest absolute Gasteiger partial charge is 0.317 e. The van der Waals surface area contributed by atoms with Crippen molar-refractivity contribution in [3.8, 4) is 5.75 Å². The van der Waals surface area contributed by atoms with E-state index in [1.54, 1.807) is 12.0 Å². The Bertz CT molecular complexity index is 839. The number of urea groups is 1. The third-order valence-corrected chi connectivity index (χ3v) is 4.69. The van der Waals surface area contributed by atoms with Crippen LogP contribution in [0.2, 0.25) is 5.02 Å². The van der Waals surface area contributed by atoms with E-state index in [1.165, 1.54) is 0 Å². The number of benzene rings is 2. The van der Waals surface area contributed by atoms with Crippen LogP contribution >= 0.6 is 11.6 Å². The maximum atomic E-state index is 12.5. The van der Waals surface area contributed by atoms with Crippen LogP contribution in [0.25, 0.3) is 0 Å². The molecule has 2 aromatic rings. The summed E-state index contributed by atoms with van der Waals surface area (Å²) in [5.41, 5.74) is 2.82. The van der Waals surface area contributed by atoms with Gasteiger partial charge in [-0.1, -0.05) is 28.9 Å². The lowest BCUT2D eigenvalue weighted by Crippen LogP contribution is -2.43. The van der Waals surface area contributed by atoms with Gasteiger partial charge in [0.05, 0.1) is 19.4 Å². The predicted octanol–water partition coefficient (Wildman–Crippen LogP) is 4.07. The van der Waals surface area contributed by atoms with Gasteiger partial charge < -0.3 is 19.8 Å². The van der Waals surface area contributed by atoms with E-state index in [2.05, 4.69) is 10.5 Å². The van der Waals surface area contributed by atoms with Crippen molar-refractivity contribution in [2.75, 3.05) is 20.2 Å². The lowest BCUT2D eigenvalue weighted by Gasteiger charge is -2.25. The molecule has 0 spiro atoms. The fraction of sp³-hybridized carbons (Fsp3) is 0.333. The lowest BCUT2D eigenvalue weighted by molar-refractivity contribution is 0.0590. The number of hydrogen-bond acceptors (Lipinski definition) is 4. The molecule has 1 atom stereocenters. The van der Waals surface area contributed by atoms with Crippen molar-refractivity contribution in [2.24, 2.45) is 5.16 Å². The third kappa shape index (κ3) is 5.16. The first-order valence-electron chi connectivity index (χ1n) is 9.23. The zero-order valence-corrected chi connectivity index (χ0v) is 16.8. The Morgan fingerprint density at radius 3 is 2.79 bits per heavy atom. The molecule has 1 N–H and O–H groups in total. The second kappa shape index (κ2) is 9.46. The van der Waals surface area contributed by atoms with Gasteiger partial charge in [0.15, 0.2) is 6.10 Å². The predicted molar refractivity (Wildman–Crippen MR) is 110 cm³/mol. The summed E-state index contributed by atoms with van der Waals surface area (Å²) in [5, 5.41) is 7.72. The van der Waals surface area contributed by atoms with Crippen molar-refractivity contribution < 1.29 is 14.4 Å². The van der Waals surface area contributed by atoms with Crippen molar-refractivity contribution in [1.82, 2.24) is 10.2 Å². The van der Waals surface area contributed by atoms with Crippen LogP contribution in [-0.2, 0) is 11.4 Å². The molecule has 0 saturated heterocycles. The van der Waals surface area contributed by atoms with Gasteiger partial charge in [0.2, 0.25) is 0 Å². The number of oxime groups is 1. The van der Waals surface area contributed by atoms with Crippen LogP contribution in [0.3, 0.4) is 0 Å². The zero-order chi connectivity index (χ0) is 19.9. The highest BCUT2D eigenvalue weighted by atomic mass is 35.5. The molecule has 0 aliphatic carbocycles. The zero-order valence-electron chi connectivity index (χ0n) is 16.0. The minimum absolute atomic E-state index is 0.135. The number of amides is 2. The number of carbonyl (C=O) groups excluding carboxylic acids is 1. The van der Waals surface area contributed by atoms with Crippen molar-refractivity contribution in [1.29, 1.82) is 0 Å². The van der Waals surface area contributed by atoms with E-state index in [-0.39, 0.29) is 12.1 Å². The van der Waals surface area contributed by atoms with E-state index in [0.29, 0.717) is 31.1 Å². The molecule has 0 radical (unpaired) electrons. The molecule has 2 amide bonds. The normalized spacial score (nSPS) is 15.5. The van der Waals surface area contributed by atoms with Crippen LogP contribution in [0, 0.1) is 0 Å². The molecule has 28 heavy (non-hydrogen) atoms. The summed E-state index contributed by atoms with van der Waals surface area (Å²) < 4.78 is 5.19. The Kier molecular flexibility index (Phi) is 6.76. The van der Waals surface area contributed by atoms with Crippen LogP contribution in [0.5, 0.6) is 5.75 Å². The topological polar surface area (TPSA) is 63.2 Å². The van der Waals surface area contributed by atoms with Gasteiger partial charge in [0.1, 0.15) is 5.75 Å². The van der Waals surface area contributed by atoms with Gasteiger partial charge in [-0.15, -0.1) is 0 Å². The summed E-state index contributed by atoms with van der Waals surface area (Å²) in [5.74, 6) is 0.795. The van der Waals surface area contributed by atoms with Crippen LogP contribution in [0.4, 0.5) is 4.79 Å². The second-order valence-electron chi connectivity index (χ2n) is 6.54. The van der Waals surface area contributed by atoms with Gasteiger partial charge in [-0.2, -0.15) is 0 Å². The van der Waals surface area contributed by atoms with E-state index in [4.69, 9.17) is 21.2 Å². The molecule has 1 heterocycles. The summed E-state index contributed by atoms with van der Waals surface area (Å²) >= 11 is 6.08. The molecule has 1 aliphatic heterocycles. The highest BCUT2D eigenvalue weighted by Gasteiger charge is 2.26. The Labute approximate surface area is 170 Å². The Morgan fingerprint density at radius 2 is 2.11 bits per heavy atom. The van der Waals surface area contributed by atoms with Crippen molar-refractivity contribution in [2.45, 2.75) is 26.0 Å². The minimum atomic E-state index is -0.195. The summed E-state index contributed by atoms with van der Waals surface area (Å²) in [6.45, 7) is 3.34. The van der Waals surface area contributed by atoms with Gasteiger partial charge in [-0.25, -0.2) is 4.79 Å². The largest absolute Gasteiger partial charge is 0.497 e. The van der Waals surface area contributed by atoms with Gasteiger partial charge in [0.25, 0.3) is 0 Å². The number of halogens is 1. The average molecular weight is 402 g/mol. The standard InChI is InChI=1S/C21H24ClN3O3/c1-3-23-21(26)25(13-15-5-4-6-17(22)11-15)14-19-12-20(24-28-19)16-7-9-18(27-2)10-8-16/h4-11,19H,3,12-14H2,1-2H3,(H,23,26)/t19-/m0/s1. The summed E-state index contributed by atoms with van der Waals surface area (Å²) in [6, 6.07) is 15.1. The molecule has 6 nitrogen and oxygen atoms in total. The van der Waals surface area contributed by atoms with Gasteiger partial charge >= 0.3 is 6.03 Å². The van der Waals surface area contributed by atoms with Crippen molar-refractivity contribution in [3.05, 3.63) is 64.7 Å². The first-order chi connectivity index (χ1) is 13.6. The second-order valence-corrected chi connectivity index (χ2v) is 6.98. The maximum Gasteiger partial charge on any atom is 0.317 e. The highest BCUT2D eigenvalue weighted by molar-refractivity contribution is 6.30. The number of nitrogens with one attached hydrogen (secondary N) is 1. The number of ether oxygens (including phenoxy) is 1. The molecular formula is C21H24ClN3O3. The van der Waals surface area contributed by atoms with Crippen molar-refractivity contribution in [3.63, 3.8) is 0 Å². The van der Waals surface area contributed by atoms with Gasteiger partial charge in [0, 0.05) is 24.5 Å². The van der Waals surface area contributed by atoms with E-state index in [9.17, 15) is 4.79 Å². The Morgan fingerprint density at radius 1 is 1.32 bits per heavy atom. The SMILES string of the molecule is CCNC(=O)N(Cc1cccc(Cl)c1)C[C@@H]1CC(c2ccc(OC)cc2)=NO1. The molecule has 7 heteroatoms. The third-order valence-electron chi connectivity index (χ3n) is 4.46. The van der Waals surface area contributed by atoms with Gasteiger partial charge in [-0.3, -0.25) is 0 Å². The fourth-order valence-electron chi connectivity index (χ4n) is 3.06. The molecule has 0 aromatic heterocycles. The van der Waals surface area contributed by atoms with E-state index >= 15 is 0 Å². The van der Waals surface area contributed by atoms with Gasteiger partial charge in [-0.05, 0) is 54.4 Å². The number of nitrogens with zero attached hydrogens (tertiary/aromatic N) is 2. The van der Waals surface area contributed by atoms with Crippen LogP contribution in [0.1, 0.15) is 24.5 Å². The van der Waals surface area contributed by atoms with Crippen molar-refractivity contribution >= 4 is 23.3 Å². The monoisotopic (exact) mass is 401 g/mol. The molecule has 0 unspecified atom stereocenters. The number of carbonyl (C=O) groups is 1. The summed E-state index contributed by atoms with van der Waals surface area (Å²) in [6.07, 6.45) is 0.441. The molecule has 0 fully saturated rings. The number of hydrogen-bond donors (Lipinski definition) is 1. The Balaban J connectivity index is 1.65. The molecule has 1 aliphatic rings. The average Bonchev–Trinajstić information content (AvgIpc) is 3.16. The first-order valence-corrected chi connectivity index (χ1v) is 9.61. The Hall–Kier alpha value is -2.73. The summed E-state index contributed by atoms with van der Waals surface area (Å²) in [4.78, 5) is 19.9. The van der Waals surface area contributed by atoms with E-state index < -0.39 is 0 Å². The fourth-order valence-corrected chi connectivity index (χ4v) is 3.28. The highest BCUT2D eigenvalue weighted by Crippen LogP contribution is 2.21. The molecule has 0 bridgehead atoms. The number of rotatable bonds is 7. The molecule has 148 valence electrons. The van der Waals surface area contributed by atoms with Crippen LogP contribution in [0.15, 0.2) is 53.7 Å². The lowest BCUT2D eigenvalue weighted by atomic mass is 10.0. The molecular weight excluding hydrogens is 378 g/mol. The van der Waals surface area contributed by atoms with E-state index in [0.717, 1.165) is 22.6 Å².